The Hall–Kier alpha value is -17.5. The lowest BCUT2D eigenvalue weighted by atomic mass is 10.1. The molecular weight excluding hydrogens is 1890 g/mol. The van der Waals surface area contributed by atoms with Crippen LogP contribution in [0, 0.1) is 11.6 Å². The van der Waals surface area contributed by atoms with Crippen LogP contribution >= 0.6 is 0 Å². The fraction of sp³-hybridized carbons (Fsp3) is 0.353. The van der Waals surface area contributed by atoms with Gasteiger partial charge in [-0.05, 0) is 193 Å². The zero-order chi connectivity index (χ0) is 107. The molecule has 0 aliphatic carbocycles. The maximum absolute atomic E-state index is 13.5. The zero-order valence-electron chi connectivity index (χ0n) is 86.9. The van der Waals surface area contributed by atoms with Gasteiger partial charge in [0.2, 0.25) is 11.6 Å². The molecule has 46 heteroatoms. The number of carbonyl (C=O) groups excluding carboxylic acids is 3. The molecule has 0 spiro atoms. The van der Waals surface area contributed by atoms with E-state index in [-0.39, 0.29) is 76.5 Å². The van der Waals surface area contributed by atoms with Crippen LogP contribution in [-0.2, 0) is 0 Å². The number of hydrogen-bond donors (Lipinski definition) is 7. The molecule has 0 atom stereocenters. The number of aromatic nitrogens is 30. The number of rotatable bonds is 11. The van der Waals surface area contributed by atoms with Crippen LogP contribution in [0.2, 0.25) is 0 Å². The van der Waals surface area contributed by atoms with Crippen LogP contribution in [0.25, 0.3) is 83.9 Å². The van der Waals surface area contributed by atoms with Gasteiger partial charge < -0.3 is 70.9 Å². The number of imidazole rings is 6. The Kier molecular flexibility index (Phi) is 34.1. The lowest BCUT2D eigenvalue weighted by Gasteiger charge is -2.12. The molecule has 3 aliphatic heterocycles. The number of carbonyl (C=O) groups is 3. The molecule has 23 rings (SSSR count). The van der Waals surface area contributed by atoms with Gasteiger partial charge in [0.05, 0.1) is 88.4 Å². The molecule has 3 aliphatic rings. The van der Waals surface area contributed by atoms with Gasteiger partial charge in [0.1, 0.15) is 28.4 Å². The standard InChI is InChI=1S/C10H12FN3.C10H11FN2O.C10H11N5O.C10H13N3.C10H12N2O.2C9H12N4.2C9H11N3O.2C8H11N5/c1-6(2)14-5-7(11)9-8(12)3-4-13-10(9)14;1-6(2)13-5-7(11)9-8(14)3-4-12-10(9)13;1-6(2)15-5-12-7-8(16)13-10-11-3-4-14(10)9(7)15;1-7(2)13-6-4-8-9(11)3-5-12-10(8)13;1-7(2)12-6-4-8-9(13)3-5-11-10(8)12;1-6(2)13-5-12-8-7(10)3-4-11-9(8)13;1-6(2)8-5-11-9-7(10)3-4-12-13(8)9;1-7(2)11-5-3-8(13)12-6-4-10-9(11)12;1-6(2)12-5-11-8-7(13)3-4-10-9(8)12;2*1-5(2)13-8-7(11-12-13)6(9)3-4-10-8/h3-6H,1-2H3,(H2,12,13);4-6H,3H2,1-2H3;3-6H,1-2H3,(H,11,13,16);3-7H,1-2H3,(H2,11,12);4-7H,3H2,1-2H3;3-6H,1-2H3,(H2,10,11);3-6H,10H2,1-2H3;3-7H,1-2H3;4-6H,3H2,1-2H3;2*3-5H,1-2H3,(H2,9,10). The summed E-state index contributed by atoms with van der Waals surface area (Å²) in [4.78, 5) is 118. The molecule has 0 bridgehead atoms. The zero-order valence-corrected chi connectivity index (χ0v) is 86.9. The Morgan fingerprint density at radius 1 is 0.351 bits per heavy atom. The van der Waals surface area contributed by atoms with E-state index in [1.54, 1.807) is 157 Å². The van der Waals surface area contributed by atoms with E-state index in [9.17, 15) is 32.8 Å². The van der Waals surface area contributed by atoms with Crippen LogP contribution in [0.15, 0.2) is 197 Å². The number of fused-ring (bicyclic) bond motifs is 13. The summed E-state index contributed by atoms with van der Waals surface area (Å²) in [5.41, 5.74) is 48.5. The van der Waals surface area contributed by atoms with Gasteiger partial charge in [-0.25, -0.2) is 92.5 Å². The molecule has 0 saturated carbocycles. The summed E-state index contributed by atoms with van der Waals surface area (Å²) in [6, 6.07) is 18.6. The number of anilines is 6. The molecule has 0 fully saturated rings. The molecule has 774 valence electrons. The number of nitrogens with two attached hydrogens (primary N) is 6. The van der Waals surface area contributed by atoms with Gasteiger partial charge in [-0.3, -0.25) is 37.8 Å². The first-order chi connectivity index (χ1) is 70.5. The summed E-state index contributed by atoms with van der Waals surface area (Å²) in [7, 11) is 0. The molecule has 0 saturated heterocycles. The molecule has 44 nitrogen and oxygen atoms in total. The van der Waals surface area contributed by atoms with Crippen molar-refractivity contribution < 1.29 is 23.2 Å². The quantitative estimate of drug-likeness (QED) is 0.0632. The largest absolute Gasteiger partial charge is 0.398 e. The Labute approximate surface area is 849 Å². The minimum absolute atomic E-state index is 0.0376. The highest BCUT2D eigenvalue weighted by atomic mass is 19.1. The van der Waals surface area contributed by atoms with Crippen molar-refractivity contribution in [3.05, 3.63) is 228 Å². The first-order valence-corrected chi connectivity index (χ1v) is 48.5. The number of nitrogens with zero attached hydrogens (tertiary/aromatic N) is 32. The highest BCUT2D eigenvalue weighted by Crippen LogP contribution is 2.35. The van der Waals surface area contributed by atoms with E-state index in [0.717, 1.165) is 67.5 Å². The number of nitrogens with one attached hydrogen (secondary N) is 1. The minimum Gasteiger partial charge on any atom is -0.398 e. The third kappa shape index (κ3) is 23.6. The summed E-state index contributed by atoms with van der Waals surface area (Å²) >= 11 is 0. The van der Waals surface area contributed by atoms with E-state index in [1.807, 2.05) is 153 Å². The molecule has 23 heterocycles. The number of halogens is 2. The molecule has 20 aromatic rings. The van der Waals surface area contributed by atoms with E-state index in [1.165, 1.54) is 18.6 Å². The molecular formula is C102H127F2N39O5. The summed E-state index contributed by atoms with van der Waals surface area (Å²) in [6.45, 7) is 45.0. The van der Waals surface area contributed by atoms with Crippen molar-refractivity contribution in [2.45, 2.75) is 238 Å². The summed E-state index contributed by atoms with van der Waals surface area (Å²) in [6.07, 6.45) is 38.2. The maximum Gasteiger partial charge on any atom is 0.280 e. The van der Waals surface area contributed by atoms with Gasteiger partial charge in [-0.2, -0.15) is 5.10 Å². The minimum atomic E-state index is -0.462. The van der Waals surface area contributed by atoms with E-state index < -0.39 is 5.82 Å². The second-order valence-electron chi connectivity index (χ2n) is 37.8. The van der Waals surface area contributed by atoms with E-state index in [2.05, 4.69) is 174 Å². The molecule has 148 heavy (non-hydrogen) atoms. The predicted molar refractivity (Wildman–Crippen MR) is 576 cm³/mol. The number of hydrogen-bond acceptors (Lipinski definition) is 30. The van der Waals surface area contributed by atoms with Crippen molar-refractivity contribution in [3.63, 3.8) is 0 Å². The molecule has 20 aromatic heterocycles. The van der Waals surface area contributed by atoms with E-state index in [0.29, 0.717) is 134 Å². The number of aliphatic imine (C=N–C) groups is 3. The monoisotopic (exact) mass is 2020 g/mol. The summed E-state index contributed by atoms with van der Waals surface area (Å²) in [5.74, 6) is 2.88. The van der Waals surface area contributed by atoms with Gasteiger partial charge in [0, 0.05) is 196 Å². The topological polar surface area (TPSA) is 563 Å². The SMILES string of the molecule is CC(C)c1cnc2c(N)ccnn12.CC(C)n1cc(F)c2c(N)ccnc21.CC(C)n1cc(F)c2c1N=CCC2=O.CC(C)n1ccc(=O)n2ccnc12.CC(C)n1ccc2c(N)ccnc21.CC(C)n1ccc2c1N=CCC2=O.CC(C)n1cnc2c(=O)[nH]c3nccn3c21.CC(C)n1cnc2c(N)ccnc21.CC(C)n1cnc2c1N=CCC2=O.CC(C)n1nnc2c(N)ccnc21.CC(C)n1nnc2c(N)ccnc21. The number of ketones is 3. The van der Waals surface area contributed by atoms with Crippen LogP contribution in [0.4, 0.5) is 60.4 Å². The normalized spacial score (nSPS) is 12.4. The Balaban J connectivity index is 0.000000136. The Morgan fingerprint density at radius 2 is 0.831 bits per heavy atom. The Morgan fingerprint density at radius 3 is 1.42 bits per heavy atom. The molecule has 0 radical (unpaired) electrons. The Bertz CT molecular complexity index is 7740. The van der Waals surface area contributed by atoms with Crippen LogP contribution in [0.1, 0.15) is 275 Å². The highest BCUT2D eigenvalue weighted by molar-refractivity contribution is 6.11. The first kappa shape index (κ1) is 108. The van der Waals surface area contributed by atoms with Gasteiger partial charge in [-0.1, -0.05) is 24.3 Å². The van der Waals surface area contributed by atoms with Crippen molar-refractivity contribution in [2.75, 3.05) is 34.4 Å². The number of pyridine rings is 5. The fourth-order valence-corrected chi connectivity index (χ4v) is 15.8. The third-order valence-corrected chi connectivity index (χ3v) is 23.6. The van der Waals surface area contributed by atoms with Crippen LogP contribution < -0.4 is 45.5 Å². The number of aromatic amines is 1. The van der Waals surface area contributed by atoms with Crippen molar-refractivity contribution in [1.29, 1.82) is 0 Å². The average Bonchev–Trinajstić information content (AvgIpc) is 1.60. The molecule has 0 amide bonds. The predicted octanol–water partition coefficient (Wildman–Crippen LogP) is 18.2. The molecule has 0 aromatic carbocycles. The van der Waals surface area contributed by atoms with Crippen LogP contribution in [0.3, 0.4) is 0 Å². The fourth-order valence-electron chi connectivity index (χ4n) is 15.8. The van der Waals surface area contributed by atoms with E-state index in [4.69, 9.17) is 34.4 Å². The van der Waals surface area contributed by atoms with Crippen LogP contribution in [0.5, 0.6) is 0 Å². The van der Waals surface area contributed by atoms with Gasteiger partial charge in [-0.15, -0.1) is 10.2 Å². The second kappa shape index (κ2) is 46.9. The van der Waals surface area contributed by atoms with Gasteiger partial charge in [0.15, 0.2) is 85.3 Å². The first-order valence-electron chi connectivity index (χ1n) is 48.5. The maximum atomic E-state index is 13.5. The average molecular weight is 2020 g/mol. The second-order valence-corrected chi connectivity index (χ2v) is 37.8. The van der Waals surface area contributed by atoms with Gasteiger partial charge in [0.25, 0.3) is 11.1 Å². The lowest BCUT2D eigenvalue weighted by Crippen LogP contribution is -2.16. The highest BCUT2D eigenvalue weighted by Gasteiger charge is 2.27. The smallest absolute Gasteiger partial charge is 0.280 e. The number of nitrogen functional groups attached to an aromatic ring is 6. The number of H-pyrrole nitrogens is 1. The third-order valence-electron chi connectivity index (χ3n) is 23.6. The van der Waals surface area contributed by atoms with Crippen molar-refractivity contribution >= 4 is 171 Å². The van der Waals surface area contributed by atoms with Gasteiger partial charge >= 0.3 is 0 Å². The van der Waals surface area contributed by atoms with Crippen molar-refractivity contribution in [2.24, 2.45) is 15.0 Å². The number of Topliss-reactive ketones (excluding diaryl/α,β-unsaturated/α-hetero) is 3. The molecule has 13 N–H and O–H groups in total. The van der Waals surface area contributed by atoms with Crippen LogP contribution in [-0.4, -0.2) is 181 Å². The van der Waals surface area contributed by atoms with E-state index >= 15 is 0 Å². The molecule has 0 unspecified atom stereocenters. The summed E-state index contributed by atoms with van der Waals surface area (Å²) in [5, 5.41) is 21.5. The van der Waals surface area contributed by atoms with Crippen molar-refractivity contribution in [3.8, 4) is 0 Å². The summed E-state index contributed by atoms with van der Waals surface area (Å²) < 4.78 is 51.0. The lowest BCUT2D eigenvalue weighted by molar-refractivity contribution is 0.0988. The van der Waals surface area contributed by atoms with Crippen molar-refractivity contribution in [1.82, 2.24) is 145 Å².